The predicted octanol–water partition coefficient (Wildman–Crippen LogP) is 14.3. The fourth-order valence-corrected chi connectivity index (χ4v) is 7.70. The normalized spacial score (nSPS) is 13.5. The van der Waals surface area contributed by atoms with E-state index in [1.807, 2.05) is 0 Å². The maximum absolute atomic E-state index is 12.6. The van der Waals surface area contributed by atoms with Gasteiger partial charge in [0.2, 0.25) is 0 Å². The van der Waals surface area contributed by atoms with Crippen LogP contribution < -0.4 is 5.73 Å². The Bertz CT molecular complexity index is 858. The molecule has 0 radical (unpaired) electrons. The fourth-order valence-electron chi connectivity index (χ4n) is 6.93. The van der Waals surface area contributed by atoms with Gasteiger partial charge in [-0.05, 0) is 38.5 Å². The Kier molecular flexibility index (Phi) is 43.7. The van der Waals surface area contributed by atoms with Crippen LogP contribution >= 0.6 is 7.82 Å². The van der Waals surface area contributed by atoms with E-state index in [1.54, 1.807) is 0 Å². The van der Waals surface area contributed by atoms with Crippen LogP contribution in [-0.2, 0) is 27.9 Å². The smallest absolute Gasteiger partial charge is 0.457 e. The number of ether oxygens (including phenoxy) is 2. The van der Waals surface area contributed by atoms with Crippen LogP contribution in [0.25, 0.3) is 0 Å². The summed E-state index contributed by atoms with van der Waals surface area (Å²) < 4.78 is 33.5. The highest BCUT2D eigenvalue weighted by Crippen LogP contribution is 2.43. The molecule has 0 heterocycles. The third-order valence-electron chi connectivity index (χ3n) is 10.4. The van der Waals surface area contributed by atoms with E-state index in [1.165, 1.54) is 186 Å². The molecule has 0 saturated carbocycles. The minimum absolute atomic E-state index is 0.0932. The molecule has 0 fully saturated rings. The quantitative estimate of drug-likeness (QED) is 0.0270. The number of phosphoric ester groups is 1. The van der Waals surface area contributed by atoms with Crippen molar-refractivity contribution >= 4 is 13.8 Å². The van der Waals surface area contributed by atoms with Crippen molar-refractivity contribution < 1.29 is 32.8 Å². The number of hydrogen-bond donors (Lipinski definition) is 2. The van der Waals surface area contributed by atoms with Crippen molar-refractivity contribution in [2.45, 2.75) is 245 Å². The molecule has 0 saturated heterocycles. The van der Waals surface area contributed by atoms with Gasteiger partial charge in [0.25, 0.3) is 0 Å². The highest BCUT2D eigenvalue weighted by atomic mass is 31.2. The van der Waals surface area contributed by atoms with Crippen LogP contribution in [0.1, 0.15) is 239 Å². The zero-order valence-electron chi connectivity index (χ0n) is 36.4. The van der Waals surface area contributed by atoms with Crippen molar-refractivity contribution in [1.82, 2.24) is 0 Å². The van der Waals surface area contributed by atoms with Gasteiger partial charge in [0, 0.05) is 19.6 Å². The lowest BCUT2D eigenvalue weighted by Gasteiger charge is -2.20. The highest BCUT2D eigenvalue weighted by Gasteiger charge is 2.25. The Morgan fingerprint density at radius 2 is 0.909 bits per heavy atom. The average molecular weight is 802 g/mol. The average Bonchev–Trinajstić information content (AvgIpc) is 3.17. The molecule has 0 bridgehead atoms. The molecule has 0 aromatic carbocycles. The van der Waals surface area contributed by atoms with E-state index >= 15 is 0 Å². The first kappa shape index (κ1) is 54.2. The first-order chi connectivity index (χ1) is 26.9. The highest BCUT2D eigenvalue weighted by molar-refractivity contribution is 7.47. The van der Waals surface area contributed by atoms with Crippen LogP contribution in [0.4, 0.5) is 0 Å². The second kappa shape index (κ2) is 44.3. The molecule has 0 rings (SSSR count). The minimum Gasteiger partial charge on any atom is -0.457 e. The summed E-state index contributed by atoms with van der Waals surface area (Å²) in [7, 11) is -4.27. The molecule has 0 amide bonds. The molecule has 55 heavy (non-hydrogen) atoms. The van der Waals surface area contributed by atoms with Crippen molar-refractivity contribution in [1.29, 1.82) is 0 Å². The third-order valence-corrected chi connectivity index (χ3v) is 11.4. The van der Waals surface area contributed by atoms with Gasteiger partial charge in [0.1, 0.15) is 6.10 Å². The minimum atomic E-state index is -4.27. The summed E-state index contributed by atoms with van der Waals surface area (Å²) in [6, 6.07) is 0. The van der Waals surface area contributed by atoms with E-state index < -0.39 is 13.9 Å². The van der Waals surface area contributed by atoms with Crippen LogP contribution in [0.2, 0.25) is 0 Å². The van der Waals surface area contributed by atoms with Gasteiger partial charge >= 0.3 is 13.8 Å². The zero-order valence-corrected chi connectivity index (χ0v) is 37.3. The SMILES string of the molecule is CCCCCC/C=C\CCCCCCCCOCC(COP(=O)(O)OCCN)OC(=O)CCCCCCCCCCCCCCCCCCCCCCCC. The molecule has 3 N–H and O–H groups in total. The largest absolute Gasteiger partial charge is 0.472 e. The van der Waals surface area contributed by atoms with Gasteiger partial charge in [-0.15, -0.1) is 0 Å². The fraction of sp³-hybridized carbons (Fsp3) is 0.935. The Morgan fingerprint density at radius 1 is 0.527 bits per heavy atom. The van der Waals surface area contributed by atoms with E-state index in [9.17, 15) is 14.3 Å². The first-order valence-electron chi connectivity index (χ1n) is 23.7. The predicted molar refractivity (Wildman–Crippen MR) is 234 cm³/mol. The van der Waals surface area contributed by atoms with Crippen LogP contribution in [0, 0.1) is 0 Å². The molecule has 9 heteroatoms. The Hall–Kier alpha value is -0.760. The van der Waals surface area contributed by atoms with Gasteiger partial charge in [-0.1, -0.05) is 206 Å². The van der Waals surface area contributed by atoms with Crippen molar-refractivity contribution in [3.8, 4) is 0 Å². The molecule has 8 nitrogen and oxygen atoms in total. The standard InChI is InChI=1S/C46H92NO7P/c1-3-5-7-9-11-13-15-17-19-20-21-22-23-24-25-26-27-29-31-33-35-37-39-46(48)54-45(44-53-55(49,50)52-42-40-47)43-51-41-38-36-34-32-30-28-18-16-14-12-10-8-6-4-2/h14,16,45H,3-13,15,17-44,47H2,1-2H3,(H,49,50)/b16-14-. The van der Waals surface area contributed by atoms with Crippen LogP contribution in [-0.4, -0.2) is 49.9 Å². The molecule has 2 atom stereocenters. The topological polar surface area (TPSA) is 117 Å². The van der Waals surface area contributed by atoms with Crippen molar-refractivity contribution in [2.24, 2.45) is 5.73 Å². The molecule has 0 aliphatic rings. The number of allylic oxidation sites excluding steroid dienone is 2. The molecule has 0 aromatic heterocycles. The summed E-state index contributed by atoms with van der Waals surface area (Å²) in [5.74, 6) is -0.327. The zero-order chi connectivity index (χ0) is 40.2. The van der Waals surface area contributed by atoms with Gasteiger partial charge < -0.3 is 20.1 Å². The number of carbonyl (C=O) groups is 1. The van der Waals surface area contributed by atoms with Crippen LogP contribution in [0.5, 0.6) is 0 Å². The van der Waals surface area contributed by atoms with Gasteiger partial charge in [-0.2, -0.15) is 0 Å². The number of rotatable bonds is 46. The van der Waals surface area contributed by atoms with Gasteiger partial charge in [-0.3, -0.25) is 13.8 Å². The number of unbranched alkanes of at least 4 members (excludes halogenated alkanes) is 31. The number of carbonyl (C=O) groups excluding carboxylic acids is 1. The maximum Gasteiger partial charge on any atom is 0.472 e. The summed E-state index contributed by atoms with van der Waals surface area (Å²) in [5, 5.41) is 0. The maximum atomic E-state index is 12.6. The van der Waals surface area contributed by atoms with Gasteiger partial charge in [-0.25, -0.2) is 4.57 Å². The summed E-state index contributed by atoms with van der Waals surface area (Å²) in [6.07, 6.45) is 48.1. The van der Waals surface area contributed by atoms with E-state index in [2.05, 4.69) is 26.0 Å². The number of nitrogens with two attached hydrogens (primary N) is 1. The Balaban J connectivity index is 3.91. The van der Waals surface area contributed by atoms with Crippen LogP contribution in [0.3, 0.4) is 0 Å². The van der Waals surface area contributed by atoms with E-state index in [0.717, 1.165) is 32.1 Å². The monoisotopic (exact) mass is 802 g/mol. The van der Waals surface area contributed by atoms with Gasteiger partial charge in [0.05, 0.1) is 19.8 Å². The molecular weight excluding hydrogens is 709 g/mol. The molecule has 2 unspecified atom stereocenters. The Morgan fingerprint density at radius 3 is 1.35 bits per heavy atom. The van der Waals surface area contributed by atoms with Crippen LogP contribution in [0.15, 0.2) is 12.2 Å². The van der Waals surface area contributed by atoms with Crippen molar-refractivity contribution in [3.63, 3.8) is 0 Å². The summed E-state index contributed by atoms with van der Waals surface area (Å²) in [5.41, 5.74) is 5.38. The molecule has 328 valence electrons. The molecular formula is C46H92NO7P. The lowest BCUT2D eigenvalue weighted by Crippen LogP contribution is -2.28. The summed E-state index contributed by atoms with van der Waals surface area (Å²) in [4.78, 5) is 22.5. The molecule has 0 aliphatic heterocycles. The number of hydrogen-bond acceptors (Lipinski definition) is 7. The second-order valence-electron chi connectivity index (χ2n) is 16.0. The van der Waals surface area contributed by atoms with E-state index in [-0.39, 0.29) is 32.3 Å². The lowest BCUT2D eigenvalue weighted by molar-refractivity contribution is -0.154. The summed E-state index contributed by atoms with van der Waals surface area (Å²) >= 11 is 0. The number of esters is 1. The molecule has 0 aliphatic carbocycles. The second-order valence-corrected chi connectivity index (χ2v) is 17.4. The van der Waals surface area contributed by atoms with Crippen molar-refractivity contribution in [2.75, 3.05) is 33.0 Å². The van der Waals surface area contributed by atoms with E-state index in [0.29, 0.717) is 13.0 Å². The van der Waals surface area contributed by atoms with Gasteiger partial charge in [0.15, 0.2) is 0 Å². The summed E-state index contributed by atoms with van der Waals surface area (Å²) in [6.45, 7) is 4.95. The Labute approximate surface area is 341 Å². The van der Waals surface area contributed by atoms with E-state index in [4.69, 9.17) is 24.3 Å². The number of phosphoric acid groups is 1. The lowest BCUT2D eigenvalue weighted by atomic mass is 10.0. The molecule has 0 spiro atoms. The first-order valence-corrected chi connectivity index (χ1v) is 25.2. The van der Waals surface area contributed by atoms with Crippen molar-refractivity contribution in [3.05, 3.63) is 12.2 Å². The molecule has 0 aromatic rings. The third kappa shape index (κ3) is 44.2.